The number of rotatable bonds is 17. The molecule has 0 spiro atoms. The minimum absolute atomic E-state index is 0.264. The molecule has 6 nitrogen and oxygen atoms in total. The van der Waals surface area contributed by atoms with Gasteiger partial charge in [0.1, 0.15) is 5.82 Å². The number of hydrogen-bond donors (Lipinski definition) is 1. The molecule has 1 aromatic carbocycles. The Bertz CT molecular complexity index is 908. The third kappa shape index (κ3) is 9.66. The summed E-state index contributed by atoms with van der Waals surface area (Å²) in [7, 11) is 0. The van der Waals surface area contributed by atoms with Crippen molar-refractivity contribution in [3.63, 3.8) is 0 Å². The Labute approximate surface area is 201 Å². The number of halogens is 1. The molecule has 0 radical (unpaired) electrons. The van der Waals surface area contributed by atoms with Crippen molar-refractivity contribution in [1.82, 2.24) is 30.2 Å². The molecule has 2 aromatic heterocycles. The molecule has 33 heavy (non-hydrogen) atoms. The van der Waals surface area contributed by atoms with Gasteiger partial charge in [-0.3, -0.25) is 9.78 Å². The average molecular weight is 473 g/mol. The highest BCUT2D eigenvalue weighted by Crippen LogP contribution is 2.22. The summed E-state index contributed by atoms with van der Waals surface area (Å²) < 4.78 is 15.0. The van der Waals surface area contributed by atoms with E-state index in [0.717, 1.165) is 24.2 Å². The maximum atomic E-state index is 13.1. The highest BCUT2D eigenvalue weighted by atomic mass is 32.2. The van der Waals surface area contributed by atoms with E-state index in [1.165, 1.54) is 94.5 Å². The van der Waals surface area contributed by atoms with Gasteiger partial charge in [0.15, 0.2) is 5.82 Å². The van der Waals surface area contributed by atoms with Crippen molar-refractivity contribution < 1.29 is 4.39 Å². The Kier molecular flexibility index (Phi) is 11.4. The number of nitrogens with zero attached hydrogens (tertiary/aromatic N) is 5. The van der Waals surface area contributed by atoms with Gasteiger partial charge < -0.3 is 0 Å². The first-order valence-electron chi connectivity index (χ1n) is 12.4. The first-order chi connectivity index (χ1) is 16.2. The van der Waals surface area contributed by atoms with Crippen molar-refractivity contribution in [3.8, 4) is 11.4 Å². The Morgan fingerprint density at radius 1 is 0.879 bits per heavy atom. The lowest BCUT2D eigenvalue weighted by Crippen LogP contribution is -1.98. The molecule has 0 fully saturated rings. The lowest BCUT2D eigenvalue weighted by molar-refractivity contribution is 0.505. The summed E-state index contributed by atoms with van der Waals surface area (Å²) in [6.07, 6.45) is 18.2. The molecule has 0 saturated heterocycles. The van der Waals surface area contributed by atoms with Gasteiger partial charge in [0.2, 0.25) is 5.16 Å². The number of nitrogens with one attached hydrogen (secondary N) is 1. The zero-order chi connectivity index (χ0) is 23.1. The van der Waals surface area contributed by atoms with Gasteiger partial charge in [0.05, 0.1) is 5.69 Å². The predicted octanol–water partition coefficient (Wildman–Crippen LogP) is 7.20. The van der Waals surface area contributed by atoms with Gasteiger partial charge in [0.25, 0.3) is 0 Å². The van der Waals surface area contributed by atoms with Gasteiger partial charge in [-0.2, -0.15) is 0 Å². The number of aromatic amines is 1. The largest absolute Gasteiger partial charge is 0.258 e. The van der Waals surface area contributed by atoms with Crippen molar-refractivity contribution in [1.29, 1.82) is 0 Å². The van der Waals surface area contributed by atoms with E-state index in [-0.39, 0.29) is 5.82 Å². The van der Waals surface area contributed by atoms with E-state index < -0.39 is 0 Å². The summed E-state index contributed by atoms with van der Waals surface area (Å²) >= 11 is 1.51. The molecule has 2 heterocycles. The van der Waals surface area contributed by atoms with Crippen molar-refractivity contribution in [2.24, 2.45) is 0 Å². The molecule has 3 aromatic rings. The summed E-state index contributed by atoms with van der Waals surface area (Å²) in [5.74, 6) is 1.03. The molecular formula is C25H37FN6S. The number of unbranched alkanes of at least 4 members (excludes halogenated alkanes) is 11. The van der Waals surface area contributed by atoms with Crippen LogP contribution in [-0.4, -0.2) is 30.2 Å². The highest BCUT2D eigenvalue weighted by molar-refractivity contribution is 7.98. The van der Waals surface area contributed by atoms with Gasteiger partial charge >= 0.3 is 0 Å². The lowest BCUT2D eigenvalue weighted by atomic mass is 10.1. The maximum absolute atomic E-state index is 13.1. The number of aromatic nitrogens is 6. The van der Waals surface area contributed by atoms with E-state index >= 15 is 0 Å². The molecule has 180 valence electrons. The third-order valence-corrected chi connectivity index (χ3v) is 6.64. The van der Waals surface area contributed by atoms with Crippen LogP contribution in [0.3, 0.4) is 0 Å². The van der Waals surface area contributed by atoms with Crippen LogP contribution in [0.15, 0.2) is 35.6 Å². The van der Waals surface area contributed by atoms with Crippen LogP contribution >= 0.6 is 11.8 Å². The van der Waals surface area contributed by atoms with E-state index in [2.05, 4.69) is 32.4 Å². The van der Waals surface area contributed by atoms with E-state index in [1.807, 2.05) is 10.9 Å². The van der Waals surface area contributed by atoms with Gasteiger partial charge in [-0.05, 0) is 30.7 Å². The van der Waals surface area contributed by atoms with Crippen molar-refractivity contribution >= 4 is 11.8 Å². The molecular weight excluding hydrogens is 435 g/mol. The quantitative estimate of drug-likeness (QED) is 0.166. The van der Waals surface area contributed by atoms with Crippen molar-refractivity contribution in [2.45, 2.75) is 101 Å². The van der Waals surface area contributed by atoms with Crippen molar-refractivity contribution in [3.05, 3.63) is 42.0 Å². The first-order valence-corrected chi connectivity index (χ1v) is 13.4. The SMILES string of the molecule is CCCCCCCCCCCCCCn1cc(CSc2n[nH]c(-c3ccc(F)cc3)n2)nn1. The van der Waals surface area contributed by atoms with Gasteiger partial charge in [-0.1, -0.05) is 94.5 Å². The summed E-state index contributed by atoms with van der Waals surface area (Å²) in [5, 5.41) is 16.3. The zero-order valence-corrected chi connectivity index (χ0v) is 20.6. The summed E-state index contributed by atoms with van der Waals surface area (Å²) in [4.78, 5) is 4.46. The summed E-state index contributed by atoms with van der Waals surface area (Å²) in [5.41, 5.74) is 1.73. The molecule has 0 saturated carbocycles. The number of thioether (sulfide) groups is 1. The molecule has 0 atom stereocenters. The van der Waals surface area contributed by atoms with E-state index in [0.29, 0.717) is 16.7 Å². The zero-order valence-electron chi connectivity index (χ0n) is 19.8. The van der Waals surface area contributed by atoms with E-state index in [9.17, 15) is 4.39 Å². The fourth-order valence-corrected chi connectivity index (χ4v) is 4.49. The van der Waals surface area contributed by atoms with Crippen LogP contribution in [0.5, 0.6) is 0 Å². The summed E-state index contributed by atoms with van der Waals surface area (Å²) in [6.45, 7) is 3.19. The van der Waals surface area contributed by atoms with Crippen LogP contribution in [0, 0.1) is 5.82 Å². The molecule has 0 unspecified atom stereocenters. The molecule has 0 aliphatic carbocycles. The van der Waals surface area contributed by atoms with Gasteiger partial charge in [0, 0.05) is 24.1 Å². The number of hydrogen-bond acceptors (Lipinski definition) is 5. The maximum Gasteiger partial charge on any atom is 0.209 e. The standard InChI is InChI=1S/C25H37FN6S/c1-2-3-4-5-6-7-8-9-10-11-12-13-18-32-19-23(28-31-32)20-33-25-27-24(29-30-25)21-14-16-22(26)17-15-21/h14-17,19H,2-13,18,20H2,1H3,(H,27,29,30). The molecule has 1 N–H and O–H groups in total. The van der Waals surface area contributed by atoms with Crippen molar-refractivity contribution in [2.75, 3.05) is 0 Å². The Morgan fingerprint density at radius 3 is 2.18 bits per heavy atom. The van der Waals surface area contributed by atoms with Gasteiger partial charge in [-0.15, -0.1) is 10.2 Å². The average Bonchev–Trinajstić information content (AvgIpc) is 3.48. The molecule has 0 aliphatic heterocycles. The molecule has 8 heteroatoms. The first kappa shape index (κ1) is 25.4. The second-order valence-electron chi connectivity index (χ2n) is 8.62. The Hall–Kier alpha value is -2.22. The van der Waals surface area contributed by atoms with E-state index in [4.69, 9.17) is 0 Å². The molecule has 0 amide bonds. The number of H-pyrrole nitrogens is 1. The van der Waals surface area contributed by atoms with Crippen LogP contribution in [-0.2, 0) is 12.3 Å². The van der Waals surface area contributed by atoms with Gasteiger partial charge in [-0.25, -0.2) is 9.37 Å². The second-order valence-corrected chi connectivity index (χ2v) is 9.57. The topological polar surface area (TPSA) is 72.3 Å². The van der Waals surface area contributed by atoms with E-state index in [1.54, 1.807) is 12.1 Å². The Balaban J connectivity index is 1.24. The molecule has 0 aliphatic rings. The third-order valence-electron chi connectivity index (χ3n) is 5.76. The predicted molar refractivity (Wildman–Crippen MR) is 132 cm³/mol. The highest BCUT2D eigenvalue weighted by Gasteiger charge is 2.08. The van der Waals surface area contributed by atoms with Crippen LogP contribution in [0.2, 0.25) is 0 Å². The second kappa shape index (κ2) is 14.8. The smallest absolute Gasteiger partial charge is 0.209 e. The molecule has 3 rings (SSSR count). The lowest BCUT2D eigenvalue weighted by Gasteiger charge is -2.03. The Morgan fingerprint density at radius 2 is 1.52 bits per heavy atom. The van der Waals surface area contributed by atoms with Crippen LogP contribution in [0.25, 0.3) is 11.4 Å². The summed E-state index contributed by atoms with van der Waals surface area (Å²) in [6, 6.07) is 6.20. The fourth-order valence-electron chi connectivity index (χ4n) is 3.82. The number of benzene rings is 1. The molecule has 0 bridgehead atoms. The minimum atomic E-state index is -0.264. The normalized spacial score (nSPS) is 11.3. The minimum Gasteiger partial charge on any atom is -0.258 e. The van der Waals surface area contributed by atoms with Crippen LogP contribution in [0.1, 0.15) is 89.7 Å². The fraction of sp³-hybridized carbons (Fsp3) is 0.600. The monoisotopic (exact) mass is 472 g/mol. The number of aryl methyl sites for hydroxylation is 1. The van der Waals surface area contributed by atoms with Crippen LogP contribution in [0.4, 0.5) is 4.39 Å². The van der Waals surface area contributed by atoms with Crippen LogP contribution < -0.4 is 0 Å².